The number of methoxy groups -OCH3 is 1. The lowest BCUT2D eigenvalue weighted by molar-refractivity contribution is -0.115. The van der Waals surface area contributed by atoms with Crippen molar-refractivity contribution in [3.8, 4) is 11.3 Å². The van der Waals surface area contributed by atoms with Gasteiger partial charge in [-0.1, -0.05) is 12.2 Å². The SMILES string of the molecule is COC(=O)Nc1ccc2c(c1)NC(=O)C/C=C\CC(NC(=O)c1c(F)cc3c(ncn3C)c1F)c1ncc-2[nH]1. The van der Waals surface area contributed by atoms with Crippen molar-refractivity contribution >= 4 is 40.3 Å². The molecule has 0 spiro atoms. The predicted molar refractivity (Wildman–Crippen MR) is 138 cm³/mol. The van der Waals surface area contributed by atoms with Crippen LogP contribution in [0.2, 0.25) is 0 Å². The highest BCUT2D eigenvalue weighted by molar-refractivity contribution is 5.99. The quantitative estimate of drug-likeness (QED) is 0.290. The normalized spacial score (nSPS) is 15.9. The summed E-state index contributed by atoms with van der Waals surface area (Å²) in [6.45, 7) is 0. The number of rotatable bonds is 3. The van der Waals surface area contributed by atoms with E-state index in [1.807, 2.05) is 0 Å². The summed E-state index contributed by atoms with van der Waals surface area (Å²) in [7, 11) is 2.83. The van der Waals surface area contributed by atoms with Crippen molar-refractivity contribution in [2.45, 2.75) is 18.9 Å². The van der Waals surface area contributed by atoms with Crippen molar-refractivity contribution in [2.75, 3.05) is 17.7 Å². The molecule has 4 aromatic rings. The van der Waals surface area contributed by atoms with Gasteiger partial charge in [-0.2, -0.15) is 0 Å². The van der Waals surface area contributed by atoms with Gasteiger partial charge in [0.05, 0.1) is 42.6 Å². The average molecular weight is 536 g/mol. The summed E-state index contributed by atoms with van der Waals surface area (Å²) in [6.07, 6.45) is 5.66. The lowest BCUT2D eigenvalue weighted by Gasteiger charge is -2.17. The van der Waals surface area contributed by atoms with Crippen molar-refractivity contribution < 1.29 is 27.9 Å². The van der Waals surface area contributed by atoms with Gasteiger partial charge in [-0.15, -0.1) is 0 Å². The van der Waals surface area contributed by atoms with Crippen LogP contribution in [0.1, 0.15) is 35.1 Å². The van der Waals surface area contributed by atoms with E-state index in [0.717, 1.165) is 6.07 Å². The van der Waals surface area contributed by atoms with E-state index in [1.165, 1.54) is 24.2 Å². The standard InChI is InChI=1S/C26H23F2N7O4/c1-35-12-30-23-19(35)10-15(27)21(22(23)28)25(37)34-16-5-3-4-6-20(36)32-17-9-13(31-26(38)39-2)7-8-14(17)18-11-29-24(16)33-18/h3-4,7-12,16H,5-6H2,1-2H3,(H,29,33)(H,31,38)(H,32,36)(H,34,37)/b4-3-. The first-order valence-electron chi connectivity index (χ1n) is 11.8. The maximum absolute atomic E-state index is 15.1. The molecule has 13 heteroatoms. The number of aromatic nitrogens is 4. The number of amides is 3. The van der Waals surface area contributed by atoms with Crippen LogP contribution in [0.25, 0.3) is 22.3 Å². The summed E-state index contributed by atoms with van der Waals surface area (Å²) in [4.78, 5) is 48.7. The van der Waals surface area contributed by atoms with E-state index >= 15 is 4.39 Å². The predicted octanol–water partition coefficient (Wildman–Crippen LogP) is 4.18. The zero-order valence-corrected chi connectivity index (χ0v) is 20.8. The Hall–Kier alpha value is -5.07. The Balaban J connectivity index is 1.49. The molecule has 1 unspecified atom stereocenters. The monoisotopic (exact) mass is 535 g/mol. The zero-order chi connectivity index (χ0) is 27.7. The molecule has 5 rings (SSSR count). The Morgan fingerprint density at radius 3 is 2.79 bits per heavy atom. The molecule has 0 fully saturated rings. The number of carbonyl (C=O) groups is 3. The number of nitrogens with zero attached hydrogens (tertiary/aromatic N) is 3. The van der Waals surface area contributed by atoms with Gasteiger partial charge in [-0.05, 0) is 24.6 Å². The highest BCUT2D eigenvalue weighted by Crippen LogP contribution is 2.32. The molecular weight excluding hydrogens is 512 g/mol. The van der Waals surface area contributed by atoms with Crippen LogP contribution in [0.3, 0.4) is 0 Å². The third-order valence-corrected chi connectivity index (χ3v) is 6.23. The Morgan fingerprint density at radius 2 is 2.00 bits per heavy atom. The number of hydrogen-bond donors (Lipinski definition) is 4. The minimum Gasteiger partial charge on any atom is -0.453 e. The maximum Gasteiger partial charge on any atom is 0.411 e. The van der Waals surface area contributed by atoms with Gasteiger partial charge in [0.25, 0.3) is 5.91 Å². The van der Waals surface area contributed by atoms with Gasteiger partial charge in [0.1, 0.15) is 22.7 Å². The summed E-state index contributed by atoms with van der Waals surface area (Å²) in [5.74, 6) is -3.05. The van der Waals surface area contributed by atoms with E-state index in [-0.39, 0.29) is 29.8 Å². The molecule has 2 aromatic carbocycles. The topological polar surface area (TPSA) is 143 Å². The molecule has 0 saturated carbocycles. The molecule has 2 bridgehead atoms. The first-order valence-corrected chi connectivity index (χ1v) is 11.8. The molecule has 1 atom stereocenters. The molecule has 3 heterocycles. The van der Waals surface area contributed by atoms with Gasteiger partial charge in [-0.25, -0.2) is 23.5 Å². The van der Waals surface area contributed by atoms with E-state index < -0.39 is 35.2 Å². The number of fused-ring (bicyclic) bond motifs is 5. The number of aryl methyl sites for hydroxylation is 1. The van der Waals surface area contributed by atoms with Crippen molar-refractivity contribution in [1.29, 1.82) is 0 Å². The first kappa shape index (κ1) is 25.6. The molecule has 0 aliphatic carbocycles. The first-order chi connectivity index (χ1) is 18.7. The van der Waals surface area contributed by atoms with Gasteiger partial charge in [0.2, 0.25) is 5.91 Å². The fourth-order valence-corrected chi connectivity index (χ4v) is 4.28. The summed E-state index contributed by atoms with van der Waals surface area (Å²) in [5, 5.41) is 8.00. The van der Waals surface area contributed by atoms with Gasteiger partial charge in [0, 0.05) is 30.8 Å². The summed E-state index contributed by atoms with van der Waals surface area (Å²) in [5.41, 5.74) is 1.19. The molecule has 11 nitrogen and oxygen atoms in total. The minimum atomic E-state index is -1.06. The van der Waals surface area contributed by atoms with Gasteiger partial charge in [-0.3, -0.25) is 14.9 Å². The average Bonchev–Trinajstić information content (AvgIpc) is 3.53. The van der Waals surface area contributed by atoms with E-state index in [1.54, 1.807) is 37.4 Å². The summed E-state index contributed by atoms with van der Waals surface area (Å²) < 4.78 is 36.0. The molecule has 1 aliphatic rings. The van der Waals surface area contributed by atoms with Crippen LogP contribution in [-0.4, -0.2) is 44.5 Å². The van der Waals surface area contributed by atoms with Crippen LogP contribution in [0.5, 0.6) is 0 Å². The second-order valence-corrected chi connectivity index (χ2v) is 8.82. The van der Waals surface area contributed by atoms with Crippen LogP contribution in [-0.2, 0) is 16.6 Å². The number of nitrogens with one attached hydrogen (secondary N) is 4. The van der Waals surface area contributed by atoms with Crippen LogP contribution < -0.4 is 16.0 Å². The number of imidazole rings is 2. The Bertz CT molecular complexity index is 1640. The Labute approximate surface area is 220 Å². The Morgan fingerprint density at radius 1 is 1.18 bits per heavy atom. The van der Waals surface area contributed by atoms with Gasteiger partial charge >= 0.3 is 6.09 Å². The van der Waals surface area contributed by atoms with Crippen LogP contribution in [0, 0.1) is 11.6 Å². The Kier molecular flexibility index (Phi) is 6.79. The van der Waals surface area contributed by atoms with E-state index in [2.05, 4.69) is 35.6 Å². The number of anilines is 2. The van der Waals surface area contributed by atoms with E-state index in [4.69, 9.17) is 0 Å². The van der Waals surface area contributed by atoms with Crippen LogP contribution in [0.4, 0.5) is 25.0 Å². The number of carbonyl (C=O) groups excluding carboxylic acids is 3. The maximum atomic E-state index is 15.1. The second-order valence-electron chi connectivity index (χ2n) is 8.82. The molecule has 1 aliphatic heterocycles. The lowest BCUT2D eigenvalue weighted by atomic mass is 10.1. The fourth-order valence-electron chi connectivity index (χ4n) is 4.28. The second kappa shape index (κ2) is 10.4. The van der Waals surface area contributed by atoms with Crippen LogP contribution in [0.15, 0.2) is 48.9 Å². The highest BCUT2D eigenvalue weighted by Gasteiger charge is 2.26. The lowest BCUT2D eigenvalue weighted by Crippen LogP contribution is -2.30. The number of ether oxygens (including phenoxy) is 1. The van der Waals surface area contributed by atoms with Crippen molar-refractivity contribution in [3.05, 3.63) is 72.0 Å². The number of benzene rings is 2. The highest BCUT2D eigenvalue weighted by atomic mass is 19.1. The van der Waals surface area contributed by atoms with Crippen molar-refractivity contribution in [2.24, 2.45) is 7.05 Å². The molecule has 200 valence electrons. The number of hydrogen-bond acceptors (Lipinski definition) is 6. The number of halogens is 2. The minimum absolute atomic E-state index is 0.0211. The fraction of sp³-hybridized carbons (Fsp3) is 0.192. The van der Waals surface area contributed by atoms with Gasteiger partial charge in [0.15, 0.2) is 5.82 Å². The molecule has 39 heavy (non-hydrogen) atoms. The zero-order valence-electron chi connectivity index (χ0n) is 20.8. The summed E-state index contributed by atoms with van der Waals surface area (Å²) in [6, 6.07) is 5.11. The summed E-state index contributed by atoms with van der Waals surface area (Å²) >= 11 is 0. The van der Waals surface area contributed by atoms with E-state index in [0.29, 0.717) is 28.5 Å². The molecule has 2 aromatic heterocycles. The number of aromatic amines is 1. The molecule has 4 N–H and O–H groups in total. The van der Waals surface area contributed by atoms with E-state index in [9.17, 15) is 18.8 Å². The van der Waals surface area contributed by atoms with Crippen molar-refractivity contribution in [3.63, 3.8) is 0 Å². The van der Waals surface area contributed by atoms with Crippen LogP contribution >= 0.6 is 0 Å². The molecule has 0 saturated heterocycles. The molecule has 3 amide bonds. The van der Waals surface area contributed by atoms with Crippen molar-refractivity contribution in [1.82, 2.24) is 24.8 Å². The molecule has 0 radical (unpaired) electrons. The third kappa shape index (κ3) is 5.06. The van der Waals surface area contributed by atoms with Gasteiger partial charge < -0.3 is 24.9 Å². The third-order valence-electron chi connectivity index (χ3n) is 6.23. The number of H-pyrrole nitrogens is 1. The largest absolute Gasteiger partial charge is 0.453 e. The smallest absolute Gasteiger partial charge is 0.411 e. The molecular formula is C26H23F2N7O4.